The lowest BCUT2D eigenvalue weighted by atomic mass is 10.1. The fraction of sp³-hybridized carbons (Fsp3) is 0. The summed E-state index contributed by atoms with van der Waals surface area (Å²) in [6.07, 6.45) is 0. The van der Waals surface area contributed by atoms with Crippen molar-refractivity contribution in [3.05, 3.63) is 71.8 Å². The van der Waals surface area contributed by atoms with Crippen LogP contribution in [0.2, 0.25) is 0 Å². The summed E-state index contributed by atoms with van der Waals surface area (Å²) in [6, 6.07) is 14.4. The van der Waals surface area contributed by atoms with Gasteiger partial charge in [-0.15, -0.1) is 0 Å². The van der Waals surface area contributed by atoms with Crippen LogP contribution in [0.1, 0.15) is 10.4 Å². The van der Waals surface area contributed by atoms with Crippen LogP contribution in [0.5, 0.6) is 0 Å². The molecule has 0 atom stereocenters. The average Bonchev–Trinajstić information content (AvgIpc) is 2.97. The van der Waals surface area contributed by atoms with Crippen molar-refractivity contribution in [2.45, 2.75) is 0 Å². The molecule has 4 rings (SSSR count). The van der Waals surface area contributed by atoms with Crippen molar-refractivity contribution in [1.82, 2.24) is 4.98 Å². The Labute approximate surface area is 139 Å². The third-order valence-corrected chi connectivity index (χ3v) is 4.56. The van der Waals surface area contributed by atoms with E-state index in [1.807, 2.05) is 36.4 Å². The van der Waals surface area contributed by atoms with E-state index in [-0.39, 0.29) is 5.56 Å². The third kappa shape index (κ3) is 2.61. The van der Waals surface area contributed by atoms with Crippen LogP contribution in [0.4, 0.5) is 13.9 Å². The first-order valence-corrected chi connectivity index (χ1v) is 7.97. The molecule has 0 saturated heterocycles. The Morgan fingerprint density at radius 3 is 2.54 bits per heavy atom. The van der Waals surface area contributed by atoms with Crippen LogP contribution in [0.15, 0.2) is 54.6 Å². The molecule has 1 amide bonds. The molecule has 0 saturated carbocycles. The maximum absolute atomic E-state index is 13.2. The zero-order chi connectivity index (χ0) is 16.7. The topological polar surface area (TPSA) is 42.0 Å². The van der Waals surface area contributed by atoms with Crippen LogP contribution in [-0.4, -0.2) is 10.9 Å². The van der Waals surface area contributed by atoms with E-state index in [4.69, 9.17) is 0 Å². The van der Waals surface area contributed by atoms with Gasteiger partial charge >= 0.3 is 0 Å². The molecule has 3 nitrogen and oxygen atoms in total. The first-order chi connectivity index (χ1) is 11.6. The smallest absolute Gasteiger partial charge is 0.257 e. The van der Waals surface area contributed by atoms with Gasteiger partial charge in [0.2, 0.25) is 0 Å². The average molecular weight is 340 g/mol. The highest BCUT2D eigenvalue weighted by Crippen LogP contribution is 2.31. The minimum absolute atomic E-state index is 0.0865. The Hall–Kier alpha value is -2.86. The number of aromatic nitrogens is 1. The van der Waals surface area contributed by atoms with Gasteiger partial charge < -0.3 is 0 Å². The van der Waals surface area contributed by atoms with E-state index in [0.29, 0.717) is 5.13 Å². The van der Waals surface area contributed by atoms with Gasteiger partial charge in [0.25, 0.3) is 5.91 Å². The fourth-order valence-corrected chi connectivity index (χ4v) is 3.45. The summed E-state index contributed by atoms with van der Waals surface area (Å²) < 4.78 is 27.4. The molecule has 4 aromatic rings. The molecule has 1 N–H and O–H groups in total. The van der Waals surface area contributed by atoms with Gasteiger partial charge in [-0.1, -0.05) is 41.7 Å². The number of rotatable bonds is 2. The van der Waals surface area contributed by atoms with E-state index >= 15 is 0 Å². The van der Waals surface area contributed by atoms with Crippen LogP contribution in [0, 0.1) is 11.6 Å². The van der Waals surface area contributed by atoms with Crippen molar-refractivity contribution < 1.29 is 13.6 Å². The number of anilines is 1. The number of hydrogen-bond donors (Lipinski definition) is 1. The Balaban J connectivity index is 1.72. The molecule has 6 heteroatoms. The summed E-state index contributed by atoms with van der Waals surface area (Å²) in [6.45, 7) is 0. The van der Waals surface area contributed by atoms with Gasteiger partial charge in [-0.05, 0) is 23.6 Å². The van der Waals surface area contributed by atoms with E-state index < -0.39 is 17.5 Å². The minimum atomic E-state index is -0.796. The lowest BCUT2D eigenvalue weighted by Gasteiger charge is -2.02. The number of amides is 1. The normalized spacial score (nSPS) is 11.1. The highest BCUT2D eigenvalue weighted by molar-refractivity contribution is 7.22. The summed E-state index contributed by atoms with van der Waals surface area (Å²) in [5.41, 5.74) is 0.704. The second kappa shape index (κ2) is 5.65. The number of nitrogens with one attached hydrogen (secondary N) is 1. The lowest BCUT2D eigenvalue weighted by molar-refractivity contribution is 0.102. The zero-order valence-electron chi connectivity index (χ0n) is 12.2. The lowest BCUT2D eigenvalue weighted by Crippen LogP contribution is -2.12. The van der Waals surface area contributed by atoms with Crippen molar-refractivity contribution in [3.63, 3.8) is 0 Å². The Morgan fingerprint density at radius 2 is 1.75 bits per heavy atom. The molecule has 0 fully saturated rings. The Bertz CT molecular complexity index is 1070. The third-order valence-electron chi connectivity index (χ3n) is 3.63. The summed E-state index contributed by atoms with van der Waals surface area (Å²) in [5.74, 6) is -2.19. The van der Waals surface area contributed by atoms with Crippen LogP contribution in [0.3, 0.4) is 0 Å². The van der Waals surface area contributed by atoms with Gasteiger partial charge in [0.05, 0.1) is 10.2 Å². The van der Waals surface area contributed by atoms with E-state index in [1.54, 1.807) is 0 Å². The summed E-state index contributed by atoms with van der Waals surface area (Å²) in [5, 5.41) is 5.03. The molecule has 1 heterocycles. The molecular weight excluding hydrogens is 330 g/mol. The molecule has 0 radical (unpaired) electrons. The molecule has 0 bridgehead atoms. The molecule has 0 aliphatic heterocycles. The van der Waals surface area contributed by atoms with E-state index in [9.17, 15) is 13.6 Å². The molecule has 3 aromatic carbocycles. The summed E-state index contributed by atoms with van der Waals surface area (Å²) in [7, 11) is 0. The number of benzene rings is 3. The number of hydrogen-bond acceptors (Lipinski definition) is 3. The van der Waals surface area contributed by atoms with Crippen LogP contribution in [-0.2, 0) is 0 Å². The highest BCUT2D eigenvalue weighted by Gasteiger charge is 2.13. The summed E-state index contributed by atoms with van der Waals surface area (Å²) in [4.78, 5) is 16.6. The SMILES string of the molecule is O=C(Nc1nc2c(ccc3ccccc32)s1)c1cc(F)cc(F)c1. The van der Waals surface area contributed by atoms with Gasteiger partial charge in [0.15, 0.2) is 5.13 Å². The number of nitrogens with zero attached hydrogens (tertiary/aromatic N) is 1. The fourth-order valence-electron chi connectivity index (χ4n) is 2.57. The maximum Gasteiger partial charge on any atom is 0.257 e. The molecular formula is C18H10F2N2OS. The highest BCUT2D eigenvalue weighted by atomic mass is 32.1. The summed E-state index contributed by atoms with van der Waals surface area (Å²) >= 11 is 1.31. The van der Waals surface area contributed by atoms with Crippen molar-refractivity contribution in [1.29, 1.82) is 0 Å². The number of carbonyl (C=O) groups excluding carboxylic acids is 1. The number of thiazole rings is 1. The number of fused-ring (bicyclic) bond motifs is 3. The van der Waals surface area contributed by atoms with Crippen molar-refractivity contribution in [2.75, 3.05) is 5.32 Å². The van der Waals surface area contributed by atoms with Crippen molar-refractivity contribution >= 4 is 43.4 Å². The Kier molecular flexibility index (Phi) is 3.46. The number of halogens is 2. The molecule has 0 spiro atoms. The van der Waals surface area contributed by atoms with Gasteiger partial charge in [0, 0.05) is 17.0 Å². The first-order valence-electron chi connectivity index (χ1n) is 7.16. The number of carbonyl (C=O) groups is 1. The monoisotopic (exact) mass is 340 g/mol. The van der Waals surface area contributed by atoms with Gasteiger partial charge in [0.1, 0.15) is 11.6 Å². The maximum atomic E-state index is 13.2. The van der Waals surface area contributed by atoms with Crippen molar-refractivity contribution in [3.8, 4) is 0 Å². The molecule has 0 aliphatic carbocycles. The molecule has 118 valence electrons. The molecule has 0 aliphatic rings. The second-order valence-electron chi connectivity index (χ2n) is 5.26. The standard InChI is InChI=1S/C18H10F2N2OS/c19-12-7-11(8-13(20)9-12)17(23)22-18-21-16-14-4-2-1-3-10(14)5-6-15(16)24-18/h1-9H,(H,21,22,23). The van der Waals surface area contributed by atoms with E-state index in [1.165, 1.54) is 11.3 Å². The van der Waals surface area contributed by atoms with Gasteiger partial charge in [-0.25, -0.2) is 13.8 Å². The molecule has 0 unspecified atom stereocenters. The zero-order valence-corrected chi connectivity index (χ0v) is 13.0. The van der Waals surface area contributed by atoms with Crippen molar-refractivity contribution in [2.24, 2.45) is 0 Å². The largest absolute Gasteiger partial charge is 0.298 e. The predicted molar refractivity (Wildman–Crippen MR) is 91.4 cm³/mol. The quantitative estimate of drug-likeness (QED) is 0.559. The Morgan fingerprint density at radius 1 is 1.00 bits per heavy atom. The van der Waals surface area contributed by atoms with Gasteiger partial charge in [-0.3, -0.25) is 10.1 Å². The van der Waals surface area contributed by atoms with E-state index in [0.717, 1.165) is 39.2 Å². The second-order valence-corrected chi connectivity index (χ2v) is 6.30. The van der Waals surface area contributed by atoms with E-state index in [2.05, 4.69) is 10.3 Å². The van der Waals surface area contributed by atoms with Gasteiger partial charge in [-0.2, -0.15) is 0 Å². The minimum Gasteiger partial charge on any atom is -0.298 e. The van der Waals surface area contributed by atoms with Crippen LogP contribution >= 0.6 is 11.3 Å². The predicted octanol–water partition coefficient (Wildman–Crippen LogP) is 4.98. The van der Waals surface area contributed by atoms with Crippen LogP contribution < -0.4 is 5.32 Å². The molecule has 24 heavy (non-hydrogen) atoms. The molecule has 1 aromatic heterocycles. The van der Waals surface area contributed by atoms with Crippen LogP contribution in [0.25, 0.3) is 21.0 Å². The first kappa shape index (κ1) is 14.7.